The zero-order valence-electron chi connectivity index (χ0n) is 11.5. The third-order valence-electron chi connectivity index (χ3n) is 3.70. The number of fused-ring (bicyclic) bond motifs is 3. The lowest BCUT2D eigenvalue weighted by atomic mass is 10.1. The van der Waals surface area contributed by atoms with Crippen LogP contribution in [0.25, 0.3) is 21.8 Å². The molecule has 0 aliphatic rings. The minimum atomic E-state index is 0.715. The Kier molecular flexibility index (Phi) is 2.99. The fraction of sp³-hybridized carbons (Fsp3) is 0.312. The number of aryl methyl sites for hydroxylation is 3. The number of rotatable bonds is 3. The Morgan fingerprint density at radius 3 is 2.79 bits per heavy atom. The van der Waals surface area contributed by atoms with Crippen LogP contribution in [0.3, 0.4) is 0 Å². The van der Waals surface area contributed by atoms with Gasteiger partial charge in [-0.05, 0) is 44.5 Å². The van der Waals surface area contributed by atoms with Crippen LogP contribution in [0.15, 0.2) is 30.5 Å². The van der Waals surface area contributed by atoms with E-state index in [1.165, 1.54) is 27.4 Å². The number of nitrogens with zero attached hydrogens (tertiary/aromatic N) is 2. The van der Waals surface area contributed by atoms with E-state index in [1.807, 2.05) is 6.20 Å². The fourth-order valence-electron chi connectivity index (χ4n) is 2.81. The Hall–Kier alpha value is -1.87. The average molecular weight is 253 g/mol. The van der Waals surface area contributed by atoms with Gasteiger partial charge in [-0.3, -0.25) is 4.98 Å². The van der Waals surface area contributed by atoms with Crippen molar-refractivity contribution in [2.24, 2.45) is 5.73 Å². The zero-order valence-corrected chi connectivity index (χ0v) is 11.5. The molecule has 0 aliphatic heterocycles. The molecule has 3 rings (SSSR count). The minimum absolute atomic E-state index is 0.715. The topological polar surface area (TPSA) is 43.8 Å². The van der Waals surface area contributed by atoms with Crippen molar-refractivity contribution in [2.45, 2.75) is 26.8 Å². The molecule has 0 radical (unpaired) electrons. The molecule has 3 nitrogen and oxygen atoms in total. The van der Waals surface area contributed by atoms with E-state index in [1.54, 1.807) is 0 Å². The van der Waals surface area contributed by atoms with Gasteiger partial charge < -0.3 is 10.3 Å². The van der Waals surface area contributed by atoms with E-state index in [4.69, 9.17) is 5.73 Å². The maximum Gasteiger partial charge on any atom is 0.0707 e. The molecule has 0 atom stereocenters. The molecule has 0 saturated carbocycles. The van der Waals surface area contributed by atoms with Crippen LogP contribution in [0.5, 0.6) is 0 Å². The molecule has 2 aromatic heterocycles. The van der Waals surface area contributed by atoms with Gasteiger partial charge in [-0.2, -0.15) is 0 Å². The van der Waals surface area contributed by atoms with E-state index in [-0.39, 0.29) is 0 Å². The molecule has 0 amide bonds. The summed E-state index contributed by atoms with van der Waals surface area (Å²) in [7, 11) is 0. The summed E-state index contributed by atoms with van der Waals surface area (Å²) < 4.78 is 2.37. The first-order chi connectivity index (χ1) is 9.22. The van der Waals surface area contributed by atoms with Crippen LogP contribution in [0, 0.1) is 13.8 Å². The highest BCUT2D eigenvalue weighted by atomic mass is 15.0. The van der Waals surface area contributed by atoms with Gasteiger partial charge in [-0.25, -0.2) is 0 Å². The second kappa shape index (κ2) is 4.67. The highest BCUT2D eigenvalue weighted by Crippen LogP contribution is 2.30. The lowest BCUT2D eigenvalue weighted by molar-refractivity contribution is 0.685. The lowest BCUT2D eigenvalue weighted by Crippen LogP contribution is -2.06. The molecule has 0 spiro atoms. The van der Waals surface area contributed by atoms with Gasteiger partial charge >= 0.3 is 0 Å². The molecule has 3 heteroatoms. The largest absolute Gasteiger partial charge is 0.339 e. The molecule has 98 valence electrons. The number of hydrogen-bond donors (Lipinski definition) is 1. The van der Waals surface area contributed by atoms with Gasteiger partial charge in [0.05, 0.1) is 11.2 Å². The van der Waals surface area contributed by atoms with Crippen LogP contribution in [-0.2, 0) is 6.54 Å². The highest BCUT2D eigenvalue weighted by molar-refractivity contribution is 6.08. The van der Waals surface area contributed by atoms with Crippen LogP contribution >= 0.6 is 0 Å². The van der Waals surface area contributed by atoms with E-state index in [2.05, 4.69) is 47.7 Å². The predicted molar refractivity (Wildman–Crippen MR) is 80.4 cm³/mol. The summed E-state index contributed by atoms with van der Waals surface area (Å²) in [5, 5.41) is 2.60. The zero-order chi connectivity index (χ0) is 13.4. The Morgan fingerprint density at radius 1 is 1.16 bits per heavy atom. The highest BCUT2D eigenvalue weighted by Gasteiger charge is 2.12. The van der Waals surface area contributed by atoms with Crippen LogP contribution < -0.4 is 5.73 Å². The second-order valence-electron chi connectivity index (χ2n) is 5.11. The molecule has 0 saturated heterocycles. The Balaban J connectivity index is 2.40. The smallest absolute Gasteiger partial charge is 0.0707 e. The lowest BCUT2D eigenvalue weighted by Gasteiger charge is -2.08. The SMILES string of the molecule is Cc1ccc2c3ccnc(C)c3n(CCCN)c2c1. The summed E-state index contributed by atoms with van der Waals surface area (Å²) in [5.41, 5.74) is 10.6. The van der Waals surface area contributed by atoms with Gasteiger partial charge in [0.25, 0.3) is 0 Å². The summed E-state index contributed by atoms with van der Waals surface area (Å²) in [6.45, 7) is 5.88. The molecule has 2 heterocycles. The van der Waals surface area contributed by atoms with Crippen molar-refractivity contribution in [1.82, 2.24) is 9.55 Å². The normalized spacial score (nSPS) is 11.5. The van der Waals surface area contributed by atoms with Crippen molar-refractivity contribution in [2.75, 3.05) is 6.54 Å². The van der Waals surface area contributed by atoms with Gasteiger partial charge in [0.2, 0.25) is 0 Å². The monoisotopic (exact) mass is 253 g/mol. The standard InChI is InChI=1S/C16H19N3/c1-11-4-5-13-14-6-8-18-12(2)16(14)19(9-3-7-17)15(13)10-11/h4-6,8,10H,3,7,9,17H2,1-2H3. The molecule has 2 N–H and O–H groups in total. The van der Waals surface area contributed by atoms with Crippen molar-refractivity contribution in [3.05, 3.63) is 41.7 Å². The Morgan fingerprint density at radius 2 is 2.00 bits per heavy atom. The van der Waals surface area contributed by atoms with Crippen molar-refractivity contribution in [3.63, 3.8) is 0 Å². The fourth-order valence-corrected chi connectivity index (χ4v) is 2.81. The van der Waals surface area contributed by atoms with Gasteiger partial charge in [-0.1, -0.05) is 12.1 Å². The van der Waals surface area contributed by atoms with Gasteiger partial charge in [0, 0.05) is 29.0 Å². The quantitative estimate of drug-likeness (QED) is 0.779. The van der Waals surface area contributed by atoms with Gasteiger partial charge in [0.1, 0.15) is 0 Å². The van der Waals surface area contributed by atoms with E-state index in [9.17, 15) is 0 Å². The van der Waals surface area contributed by atoms with Crippen LogP contribution in [0.4, 0.5) is 0 Å². The molecule has 0 unspecified atom stereocenters. The molecule has 0 fully saturated rings. The average Bonchev–Trinajstić information content (AvgIpc) is 2.71. The molecular formula is C16H19N3. The molecular weight excluding hydrogens is 234 g/mol. The number of aromatic nitrogens is 2. The van der Waals surface area contributed by atoms with Crippen LogP contribution in [0.1, 0.15) is 17.7 Å². The summed E-state index contributed by atoms with van der Waals surface area (Å²) >= 11 is 0. The third-order valence-corrected chi connectivity index (χ3v) is 3.70. The van der Waals surface area contributed by atoms with E-state index in [0.717, 1.165) is 18.7 Å². The molecule has 1 aromatic carbocycles. The third kappa shape index (κ3) is 1.90. The molecule has 0 aliphatic carbocycles. The minimum Gasteiger partial charge on any atom is -0.339 e. The number of benzene rings is 1. The number of hydrogen-bond acceptors (Lipinski definition) is 2. The van der Waals surface area contributed by atoms with Crippen molar-refractivity contribution in [1.29, 1.82) is 0 Å². The summed E-state index contributed by atoms with van der Waals surface area (Å²) in [6, 6.07) is 8.75. The predicted octanol–water partition coefficient (Wildman–Crippen LogP) is 3.16. The first kappa shape index (κ1) is 12.2. The molecule has 0 bridgehead atoms. The number of nitrogens with two attached hydrogens (primary N) is 1. The van der Waals surface area contributed by atoms with Crippen molar-refractivity contribution < 1.29 is 0 Å². The molecule has 3 aromatic rings. The summed E-state index contributed by atoms with van der Waals surface area (Å²) in [6.07, 6.45) is 2.88. The van der Waals surface area contributed by atoms with Crippen molar-refractivity contribution in [3.8, 4) is 0 Å². The van der Waals surface area contributed by atoms with Crippen LogP contribution in [-0.4, -0.2) is 16.1 Å². The maximum absolute atomic E-state index is 5.67. The Labute approximate surface area is 113 Å². The Bertz CT molecular complexity index is 740. The number of pyridine rings is 1. The van der Waals surface area contributed by atoms with E-state index < -0.39 is 0 Å². The van der Waals surface area contributed by atoms with Crippen LogP contribution in [0.2, 0.25) is 0 Å². The summed E-state index contributed by atoms with van der Waals surface area (Å²) in [4.78, 5) is 4.44. The maximum atomic E-state index is 5.67. The first-order valence-electron chi connectivity index (χ1n) is 6.76. The van der Waals surface area contributed by atoms with E-state index in [0.29, 0.717) is 6.54 Å². The van der Waals surface area contributed by atoms with Gasteiger partial charge in [0.15, 0.2) is 0 Å². The first-order valence-corrected chi connectivity index (χ1v) is 6.76. The molecule has 19 heavy (non-hydrogen) atoms. The van der Waals surface area contributed by atoms with E-state index >= 15 is 0 Å². The summed E-state index contributed by atoms with van der Waals surface area (Å²) in [5.74, 6) is 0. The van der Waals surface area contributed by atoms with Gasteiger partial charge in [-0.15, -0.1) is 0 Å². The van der Waals surface area contributed by atoms with Crippen molar-refractivity contribution >= 4 is 21.8 Å². The second-order valence-corrected chi connectivity index (χ2v) is 5.11.